The van der Waals surface area contributed by atoms with Gasteiger partial charge in [0.15, 0.2) is 0 Å². The second-order valence-corrected chi connectivity index (χ2v) is 6.36. The molecule has 0 atom stereocenters. The molecule has 0 aromatic heterocycles. The predicted molar refractivity (Wildman–Crippen MR) is 81.7 cm³/mol. The van der Waals surface area contributed by atoms with E-state index in [-0.39, 0.29) is 17.3 Å². The van der Waals surface area contributed by atoms with Crippen molar-refractivity contribution >= 4 is 38.4 Å². The minimum Gasteiger partial charge on any atom is -0.497 e. The molecule has 0 saturated carbocycles. The van der Waals surface area contributed by atoms with Gasteiger partial charge in [-0.1, -0.05) is 15.9 Å². The summed E-state index contributed by atoms with van der Waals surface area (Å²) >= 11 is 3.26. The molecule has 0 radical (unpaired) electrons. The normalized spacial score (nSPS) is 10.9. The molecule has 0 fully saturated rings. The van der Waals surface area contributed by atoms with Gasteiger partial charge in [-0.3, -0.25) is 0 Å². The molecule has 0 aliphatic rings. The Morgan fingerprint density at radius 1 is 1.26 bits per heavy atom. The average molecular weight is 374 g/mol. The summed E-state index contributed by atoms with van der Waals surface area (Å²) in [4.78, 5) is 0.193. The Kier molecular flexibility index (Phi) is 8.60. The fraction of sp³-hybridized carbons (Fsp3) is 0.455. The van der Waals surface area contributed by atoms with Crippen LogP contribution in [0.5, 0.6) is 5.75 Å². The lowest BCUT2D eigenvalue weighted by atomic mass is 10.3. The second kappa shape index (κ2) is 8.76. The standard InChI is InChI=1S/C11H17BrN2O3S.ClH/c1-13-4-3-5-14-18(15,16)11-7-9(12)6-10(8-11)17-2;/h6-8,13-14H,3-5H2,1-2H3;1H. The van der Waals surface area contributed by atoms with Gasteiger partial charge in [0.2, 0.25) is 10.0 Å². The lowest BCUT2D eigenvalue weighted by Gasteiger charge is -2.09. The van der Waals surface area contributed by atoms with Crippen LogP contribution >= 0.6 is 28.3 Å². The first-order valence-electron chi connectivity index (χ1n) is 5.48. The number of hydrogen-bond donors (Lipinski definition) is 2. The molecule has 1 aromatic carbocycles. The fourth-order valence-corrected chi connectivity index (χ4v) is 3.12. The monoisotopic (exact) mass is 372 g/mol. The summed E-state index contributed by atoms with van der Waals surface area (Å²) in [6, 6.07) is 4.74. The molecule has 0 saturated heterocycles. The molecule has 0 heterocycles. The van der Waals surface area contributed by atoms with Crippen LogP contribution in [-0.2, 0) is 10.0 Å². The van der Waals surface area contributed by atoms with Crippen molar-refractivity contribution in [2.24, 2.45) is 0 Å². The number of methoxy groups -OCH3 is 1. The molecule has 1 aromatic rings. The van der Waals surface area contributed by atoms with Crippen molar-refractivity contribution < 1.29 is 13.2 Å². The smallest absolute Gasteiger partial charge is 0.240 e. The molecule has 1 rings (SSSR count). The first-order chi connectivity index (χ1) is 8.49. The van der Waals surface area contributed by atoms with Crippen molar-refractivity contribution in [2.45, 2.75) is 11.3 Å². The fourth-order valence-electron chi connectivity index (χ4n) is 1.37. The van der Waals surface area contributed by atoms with Crippen molar-refractivity contribution in [3.05, 3.63) is 22.7 Å². The number of ether oxygens (including phenoxy) is 1. The molecule has 5 nitrogen and oxygen atoms in total. The molecule has 0 aliphatic heterocycles. The highest BCUT2D eigenvalue weighted by molar-refractivity contribution is 9.10. The number of benzene rings is 1. The molecule has 0 unspecified atom stereocenters. The third kappa shape index (κ3) is 6.09. The van der Waals surface area contributed by atoms with Crippen LogP contribution in [0.4, 0.5) is 0 Å². The van der Waals surface area contributed by atoms with Crippen molar-refractivity contribution in [3.63, 3.8) is 0 Å². The molecule has 2 N–H and O–H groups in total. The Hall–Kier alpha value is -0.340. The zero-order chi connectivity index (χ0) is 13.6. The number of halogens is 2. The summed E-state index contributed by atoms with van der Waals surface area (Å²) in [7, 11) is -0.158. The predicted octanol–water partition coefficient (Wildman–Crippen LogP) is 1.77. The van der Waals surface area contributed by atoms with Crippen LogP contribution in [0.2, 0.25) is 0 Å². The summed E-state index contributed by atoms with van der Waals surface area (Å²) in [6.07, 6.45) is 0.737. The van der Waals surface area contributed by atoms with Gasteiger partial charge in [-0.05, 0) is 32.1 Å². The Bertz CT molecular complexity index is 497. The number of nitrogens with one attached hydrogen (secondary N) is 2. The van der Waals surface area contributed by atoms with E-state index in [1.165, 1.54) is 13.2 Å². The lowest BCUT2D eigenvalue weighted by Crippen LogP contribution is -2.26. The number of sulfonamides is 1. The lowest BCUT2D eigenvalue weighted by molar-refractivity contribution is 0.413. The first-order valence-corrected chi connectivity index (χ1v) is 7.76. The third-order valence-corrected chi connectivity index (χ3v) is 4.18. The van der Waals surface area contributed by atoms with Gasteiger partial charge in [-0.2, -0.15) is 0 Å². The molecule has 0 bridgehead atoms. The molecule has 8 heteroatoms. The third-order valence-electron chi connectivity index (χ3n) is 2.29. The van der Waals surface area contributed by atoms with E-state index < -0.39 is 10.0 Å². The Labute approximate surface area is 128 Å². The zero-order valence-electron chi connectivity index (χ0n) is 10.8. The highest BCUT2D eigenvalue weighted by atomic mass is 79.9. The SMILES string of the molecule is CNCCCNS(=O)(=O)c1cc(Br)cc(OC)c1.Cl. The van der Waals surface area contributed by atoms with Gasteiger partial charge in [0.1, 0.15) is 5.75 Å². The minimum absolute atomic E-state index is 0. The van der Waals surface area contributed by atoms with E-state index in [4.69, 9.17) is 4.74 Å². The van der Waals surface area contributed by atoms with Gasteiger partial charge in [0, 0.05) is 17.1 Å². The highest BCUT2D eigenvalue weighted by Gasteiger charge is 2.15. The number of rotatable bonds is 7. The topological polar surface area (TPSA) is 67.4 Å². The van der Waals surface area contributed by atoms with Crippen LogP contribution in [0.15, 0.2) is 27.6 Å². The van der Waals surface area contributed by atoms with Gasteiger partial charge < -0.3 is 10.1 Å². The van der Waals surface area contributed by atoms with Gasteiger partial charge in [-0.25, -0.2) is 13.1 Å². The van der Waals surface area contributed by atoms with Crippen molar-refractivity contribution in [1.82, 2.24) is 10.0 Å². The van der Waals surface area contributed by atoms with E-state index in [1.807, 2.05) is 7.05 Å². The van der Waals surface area contributed by atoms with E-state index in [2.05, 4.69) is 26.0 Å². The molecular formula is C11H18BrClN2O3S. The van der Waals surface area contributed by atoms with Crippen LogP contribution in [0.1, 0.15) is 6.42 Å². The molecule has 0 spiro atoms. The summed E-state index contributed by atoms with van der Waals surface area (Å²) in [5, 5.41) is 2.96. The largest absolute Gasteiger partial charge is 0.497 e. The van der Waals surface area contributed by atoms with Crippen LogP contribution in [-0.4, -0.2) is 35.7 Å². The minimum atomic E-state index is -3.48. The quantitative estimate of drug-likeness (QED) is 0.715. The highest BCUT2D eigenvalue weighted by Crippen LogP contribution is 2.23. The maximum atomic E-state index is 12.0. The van der Waals surface area contributed by atoms with Gasteiger partial charge in [0.05, 0.1) is 12.0 Å². The average Bonchev–Trinajstić information content (AvgIpc) is 2.34. The van der Waals surface area contributed by atoms with Gasteiger partial charge >= 0.3 is 0 Å². The summed E-state index contributed by atoms with van der Waals surface area (Å²) < 4.78 is 32.3. The first kappa shape index (κ1) is 18.7. The maximum Gasteiger partial charge on any atom is 0.240 e. The van der Waals surface area contributed by atoms with Crippen molar-refractivity contribution in [3.8, 4) is 5.75 Å². The van der Waals surface area contributed by atoms with Crippen LogP contribution in [0.3, 0.4) is 0 Å². The van der Waals surface area contributed by atoms with E-state index in [1.54, 1.807) is 12.1 Å². The summed E-state index contributed by atoms with van der Waals surface area (Å²) in [5.41, 5.74) is 0. The maximum absolute atomic E-state index is 12.0. The molecule has 0 aliphatic carbocycles. The Balaban J connectivity index is 0.00000324. The molecular weight excluding hydrogens is 356 g/mol. The van der Waals surface area contributed by atoms with E-state index >= 15 is 0 Å². The van der Waals surface area contributed by atoms with E-state index in [9.17, 15) is 8.42 Å². The van der Waals surface area contributed by atoms with E-state index in [0.717, 1.165) is 13.0 Å². The molecule has 19 heavy (non-hydrogen) atoms. The molecule has 0 amide bonds. The van der Waals surface area contributed by atoms with E-state index in [0.29, 0.717) is 16.8 Å². The summed E-state index contributed by atoms with van der Waals surface area (Å²) in [6.45, 7) is 1.17. The Morgan fingerprint density at radius 2 is 1.95 bits per heavy atom. The second-order valence-electron chi connectivity index (χ2n) is 3.68. The molecule has 110 valence electrons. The van der Waals surface area contributed by atoms with Crippen molar-refractivity contribution in [1.29, 1.82) is 0 Å². The van der Waals surface area contributed by atoms with Gasteiger partial charge in [-0.15, -0.1) is 12.4 Å². The Morgan fingerprint density at radius 3 is 2.53 bits per heavy atom. The van der Waals surface area contributed by atoms with Crippen LogP contribution in [0, 0.1) is 0 Å². The van der Waals surface area contributed by atoms with Crippen molar-refractivity contribution in [2.75, 3.05) is 27.2 Å². The van der Waals surface area contributed by atoms with Crippen LogP contribution < -0.4 is 14.8 Å². The summed E-state index contributed by atoms with van der Waals surface area (Å²) in [5.74, 6) is 0.500. The van der Waals surface area contributed by atoms with Crippen LogP contribution in [0.25, 0.3) is 0 Å². The zero-order valence-corrected chi connectivity index (χ0v) is 14.0. The van der Waals surface area contributed by atoms with Gasteiger partial charge in [0.25, 0.3) is 0 Å². The number of hydrogen-bond acceptors (Lipinski definition) is 4.